The molecule has 1 aliphatic rings. The van der Waals surface area contributed by atoms with E-state index < -0.39 is 23.8 Å². The second kappa shape index (κ2) is 8.74. The van der Waals surface area contributed by atoms with E-state index in [9.17, 15) is 22.8 Å². The monoisotopic (exact) mass is 422 g/mol. The van der Waals surface area contributed by atoms with Gasteiger partial charge in [0.25, 0.3) is 0 Å². The van der Waals surface area contributed by atoms with Gasteiger partial charge in [0.1, 0.15) is 5.75 Å². The Labute approximate surface area is 171 Å². The summed E-state index contributed by atoms with van der Waals surface area (Å²) in [6, 6.07) is 11.7. The summed E-state index contributed by atoms with van der Waals surface area (Å²) in [5, 5.41) is 0. The lowest BCUT2D eigenvalue weighted by Crippen LogP contribution is -2.49. The summed E-state index contributed by atoms with van der Waals surface area (Å²) in [6.45, 7) is 0.302. The minimum Gasteiger partial charge on any atom is -0.475 e. The molecule has 0 saturated heterocycles. The van der Waals surface area contributed by atoms with Crippen molar-refractivity contribution in [1.29, 1.82) is 0 Å². The topological polar surface area (TPSA) is 59.1 Å². The molecule has 160 valence electrons. The SMILES string of the molecule is COC(=O)[C@H]1CN(C(=O)CN(C)Cc2ccc(C(F)(F)F)cc2)c2ccccc2O1. The van der Waals surface area contributed by atoms with E-state index in [1.807, 2.05) is 0 Å². The number of carbonyl (C=O) groups excluding carboxylic acids is 2. The van der Waals surface area contributed by atoms with Crippen LogP contribution in [-0.4, -0.2) is 50.1 Å². The highest BCUT2D eigenvalue weighted by Crippen LogP contribution is 2.33. The van der Waals surface area contributed by atoms with Crippen molar-refractivity contribution in [2.24, 2.45) is 0 Å². The number of nitrogens with zero attached hydrogens (tertiary/aromatic N) is 2. The lowest BCUT2D eigenvalue weighted by molar-refractivity contribution is -0.148. The smallest absolute Gasteiger partial charge is 0.416 e. The highest BCUT2D eigenvalue weighted by molar-refractivity contribution is 5.98. The van der Waals surface area contributed by atoms with Crippen molar-refractivity contribution in [2.45, 2.75) is 18.8 Å². The highest BCUT2D eigenvalue weighted by atomic mass is 19.4. The van der Waals surface area contributed by atoms with Crippen LogP contribution in [0.2, 0.25) is 0 Å². The van der Waals surface area contributed by atoms with Crippen LogP contribution >= 0.6 is 0 Å². The largest absolute Gasteiger partial charge is 0.475 e. The number of anilines is 1. The van der Waals surface area contributed by atoms with Crippen molar-refractivity contribution >= 4 is 17.6 Å². The highest BCUT2D eigenvalue weighted by Gasteiger charge is 2.34. The van der Waals surface area contributed by atoms with Crippen LogP contribution in [-0.2, 0) is 27.0 Å². The average molecular weight is 422 g/mol. The third-order valence-electron chi connectivity index (χ3n) is 4.68. The summed E-state index contributed by atoms with van der Waals surface area (Å²) in [5.41, 5.74) is 0.474. The molecule has 0 bridgehead atoms. The maximum absolute atomic E-state index is 12.9. The molecule has 0 fully saturated rings. The Bertz CT molecular complexity index is 915. The number of likely N-dealkylation sites (N-methyl/N-ethyl adjacent to an activating group) is 1. The van der Waals surface area contributed by atoms with E-state index in [4.69, 9.17) is 9.47 Å². The molecule has 1 amide bonds. The van der Waals surface area contributed by atoms with Crippen molar-refractivity contribution < 1.29 is 32.2 Å². The fourth-order valence-corrected chi connectivity index (χ4v) is 3.21. The summed E-state index contributed by atoms with van der Waals surface area (Å²) in [4.78, 5) is 28.0. The molecule has 2 aromatic carbocycles. The number of hydrogen-bond acceptors (Lipinski definition) is 5. The van der Waals surface area contributed by atoms with Gasteiger partial charge in [-0.3, -0.25) is 9.69 Å². The number of esters is 1. The molecule has 1 heterocycles. The molecule has 0 radical (unpaired) electrons. The van der Waals surface area contributed by atoms with Crippen LogP contribution in [0.25, 0.3) is 0 Å². The van der Waals surface area contributed by atoms with Gasteiger partial charge in [0.15, 0.2) is 0 Å². The molecular weight excluding hydrogens is 401 g/mol. The summed E-state index contributed by atoms with van der Waals surface area (Å²) in [5.74, 6) is -0.452. The molecule has 0 spiro atoms. The number of carbonyl (C=O) groups is 2. The Morgan fingerprint density at radius 1 is 1.17 bits per heavy atom. The van der Waals surface area contributed by atoms with Crippen LogP contribution in [0.3, 0.4) is 0 Å². The maximum atomic E-state index is 12.9. The zero-order valence-electron chi connectivity index (χ0n) is 16.5. The molecule has 3 rings (SSSR count). The van der Waals surface area contributed by atoms with Gasteiger partial charge in [-0.2, -0.15) is 13.2 Å². The molecule has 1 aliphatic heterocycles. The number of benzene rings is 2. The summed E-state index contributed by atoms with van der Waals surface area (Å²) in [6.07, 6.45) is -5.32. The summed E-state index contributed by atoms with van der Waals surface area (Å²) < 4.78 is 48.4. The number of methoxy groups -OCH3 is 1. The maximum Gasteiger partial charge on any atom is 0.416 e. The fourth-order valence-electron chi connectivity index (χ4n) is 3.21. The summed E-state index contributed by atoms with van der Waals surface area (Å²) in [7, 11) is 2.94. The van der Waals surface area contributed by atoms with Crippen LogP contribution in [0.4, 0.5) is 18.9 Å². The predicted octanol–water partition coefficient (Wildman–Crippen LogP) is 3.10. The minimum atomic E-state index is -4.39. The molecule has 0 saturated carbocycles. The Kier molecular flexibility index (Phi) is 6.31. The van der Waals surface area contributed by atoms with Crippen molar-refractivity contribution in [1.82, 2.24) is 4.90 Å². The third kappa shape index (κ3) is 4.91. The number of hydrogen-bond donors (Lipinski definition) is 0. The molecule has 1 atom stereocenters. The van der Waals surface area contributed by atoms with Crippen LogP contribution in [0.5, 0.6) is 5.75 Å². The Balaban J connectivity index is 1.69. The zero-order valence-corrected chi connectivity index (χ0v) is 16.5. The first-order valence-corrected chi connectivity index (χ1v) is 9.17. The summed E-state index contributed by atoms with van der Waals surface area (Å²) >= 11 is 0. The number of amides is 1. The van der Waals surface area contributed by atoms with E-state index in [0.717, 1.165) is 12.1 Å². The molecular formula is C21H21F3N2O4. The van der Waals surface area contributed by atoms with Gasteiger partial charge in [-0.1, -0.05) is 24.3 Å². The van der Waals surface area contributed by atoms with Gasteiger partial charge in [-0.05, 0) is 36.9 Å². The molecule has 6 nitrogen and oxygen atoms in total. The molecule has 0 unspecified atom stereocenters. The molecule has 2 aromatic rings. The predicted molar refractivity (Wildman–Crippen MR) is 103 cm³/mol. The van der Waals surface area contributed by atoms with Crippen LogP contribution in [0.15, 0.2) is 48.5 Å². The van der Waals surface area contributed by atoms with Gasteiger partial charge in [0.05, 0.1) is 31.5 Å². The second-order valence-corrected chi connectivity index (χ2v) is 6.97. The van der Waals surface area contributed by atoms with E-state index in [-0.39, 0.29) is 25.5 Å². The van der Waals surface area contributed by atoms with E-state index in [1.54, 1.807) is 36.2 Å². The van der Waals surface area contributed by atoms with Crippen LogP contribution in [0, 0.1) is 0 Å². The van der Waals surface area contributed by atoms with Gasteiger partial charge in [0, 0.05) is 6.54 Å². The second-order valence-electron chi connectivity index (χ2n) is 6.97. The van der Waals surface area contributed by atoms with Gasteiger partial charge >= 0.3 is 12.1 Å². The molecule has 0 N–H and O–H groups in total. The number of halogens is 3. The number of rotatable bonds is 5. The quantitative estimate of drug-likeness (QED) is 0.693. The van der Waals surface area contributed by atoms with Gasteiger partial charge < -0.3 is 14.4 Å². The fraction of sp³-hybridized carbons (Fsp3) is 0.333. The first-order chi connectivity index (χ1) is 14.2. The average Bonchev–Trinajstić information content (AvgIpc) is 2.71. The van der Waals surface area contributed by atoms with E-state index in [1.165, 1.54) is 24.1 Å². The molecule has 30 heavy (non-hydrogen) atoms. The Hall–Kier alpha value is -3.07. The van der Waals surface area contributed by atoms with Crippen molar-refractivity contribution in [2.75, 3.05) is 32.1 Å². The molecule has 0 aromatic heterocycles. The third-order valence-corrected chi connectivity index (χ3v) is 4.68. The van der Waals surface area contributed by atoms with Gasteiger partial charge in [-0.15, -0.1) is 0 Å². The first-order valence-electron chi connectivity index (χ1n) is 9.17. The Morgan fingerprint density at radius 2 is 1.83 bits per heavy atom. The number of ether oxygens (including phenoxy) is 2. The normalized spacial score (nSPS) is 16.1. The van der Waals surface area contributed by atoms with Crippen molar-refractivity contribution in [3.05, 3.63) is 59.7 Å². The van der Waals surface area contributed by atoms with Crippen molar-refractivity contribution in [3.8, 4) is 5.75 Å². The molecule has 9 heteroatoms. The zero-order chi connectivity index (χ0) is 21.9. The lowest BCUT2D eigenvalue weighted by atomic mass is 10.1. The van der Waals surface area contributed by atoms with Crippen molar-refractivity contribution in [3.63, 3.8) is 0 Å². The van der Waals surface area contributed by atoms with E-state index in [2.05, 4.69) is 0 Å². The van der Waals surface area contributed by atoms with E-state index >= 15 is 0 Å². The number of fused-ring (bicyclic) bond motifs is 1. The lowest BCUT2D eigenvalue weighted by Gasteiger charge is -2.34. The van der Waals surface area contributed by atoms with Gasteiger partial charge in [-0.25, -0.2) is 4.79 Å². The number of alkyl halides is 3. The molecule has 0 aliphatic carbocycles. The first kappa shape index (κ1) is 21.6. The Morgan fingerprint density at radius 3 is 2.47 bits per heavy atom. The van der Waals surface area contributed by atoms with Crippen LogP contribution in [0.1, 0.15) is 11.1 Å². The van der Waals surface area contributed by atoms with E-state index in [0.29, 0.717) is 17.0 Å². The number of para-hydroxylation sites is 2. The minimum absolute atomic E-state index is 0.00322. The van der Waals surface area contributed by atoms with Gasteiger partial charge in [0.2, 0.25) is 12.0 Å². The standard InChI is InChI=1S/C21H21F3N2O4/c1-25(11-14-7-9-15(10-8-14)21(22,23)24)13-19(27)26-12-18(20(28)29-2)30-17-6-4-3-5-16(17)26/h3-10,18H,11-13H2,1-2H3/t18-/m1/s1. The van der Waals surface area contributed by atoms with Crippen LogP contribution < -0.4 is 9.64 Å².